The number of H-pyrrole nitrogens is 1. The van der Waals surface area contributed by atoms with Crippen molar-refractivity contribution >= 4 is 28.8 Å². The maximum Gasteiger partial charge on any atom is 0.153 e. The third kappa shape index (κ3) is 0.905. The molecule has 0 saturated heterocycles. The lowest BCUT2D eigenvalue weighted by atomic mass is 10.2. The number of carbonyl (C=O) groups is 1. The molecular weight excluding hydrogens is 176 g/mol. The van der Waals surface area contributed by atoms with Crippen LogP contribution in [0.5, 0.6) is 0 Å². The SMILES string of the molecule is O=Cc1c(Cl)[nH]c2ccncc12. The van der Waals surface area contributed by atoms with E-state index in [1.807, 2.05) is 0 Å². The zero-order chi connectivity index (χ0) is 8.55. The minimum Gasteiger partial charge on any atom is -0.345 e. The van der Waals surface area contributed by atoms with Gasteiger partial charge in [-0.2, -0.15) is 0 Å². The number of carbonyl (C=O) groups excluding carboxylic acids is 1. The zero-order valence-electron chi connectivity index (χ0n) is 6.04. The van der Waals surface area contributed by atoms with E-state index in [2.05, 4.69) is 9.97 Å². The fourth-order valence-corrected chi connectivity index (χ4v) is 1.39. The summed E-state index contributed by atoms with van der Waals surface area (Å²) >= 11 is 5.75. The molecule has 1 N–H and O–H groups in total. The predicted molar refractivity (Wildman–Crippen MR) is 46.5 cm³/mol. The van der Waals surface area contributed by atoms with Gasteiger partial charge in [-0.3, -0.25) is 9.78 Å². The second-order valence-electron chi connectivity index (χ2n) is 2.39. The van der Waals surface area contributed by atoms with Gasteiger partial charge in [0.05, 0.1) is 11.1 Å². The van der Waals surface area contributed by atoms with Crippen LogP contribution in [-0.4, -0.2) is 16.3 Å². The molecule has 0 fully saturated rings. The van der Waals surface area contributed by atoms with Crippen LogP contribution in [0.15, 0.2) is 18.5 Å². The van der Waals surface area contributed by atoms with Crippen LogP contribution in [-0.2, 0) is 0 Å². The highest BCUT2D eigenvalue weighted by Crippen LogP contribution is 2.22. The summed E-state index contributed by atoms with van der Waals surface area (Å²) in [6, 6.07) is 1.77. The summed E-state index contributed by atoms with van der Waals surface area (Å²) in [7, 11) is 0. The van der Waals surface area contributed by atoms with Crippen molar-refractivity contribution in [1.82, 2.24) is 9.97 Å². The van der Waals surface area contributed by atoms with E-state index < -0.39 is 0 Å². The Kier molecular flexibility index (Phi) is 1.59. The lowest BCUT2D eigenvalue weighted by Crippen LogP contribution is -1.76. The number of hydrogen-bond donors (Lipinski definition) is 1. The summed E-state index contributed by atoms with van der Waals surface area (Å²) in [5, 5.41) is 1.13. The summed E-state index contributed by atoms with van der Waals surface area (Å²) in [6.07, 6.45) is 3.98. The normalized spacial score (nSPS) is 10.4. The molecule has 12 heavy (non-hydrogen) atoms. The Morgan fingerprint density at radius 3 is 3.17 bits per heavy atom. The Labute approximate surface area is 73.4 Å². The van der Waals surface area contributed by atoms with E-state index in [-0.39, 0.29) is 0 Å². The molecule has 0 aliphatic rings. The van der Waals surface area contributed by atoms with Crippen LogP contribution in [0.3, 0.4) is 0 Å². The van der Waals surface area contributed by atoms with Crippen molar-refractivity contribution < 1.29 is 4.79 Å². The standard InChI is InChI=1S/C8H5ClN2O/c9-8-6(4-12)5-3-10-2-1-7(5)11-8/h1-4,11H. The van der Waals surface area contributed by atoms with Crippen LogP contribution in [0.1, 0.15) is 10.4 Å². The number of nitrogens with one attached hydrogen (secondary N) is 1. The number of aldehydes is 1. The van der Waals surface area contributed by atoms with Gasteiger partial charge in [0.2, 0.25) is 0 Å². The summed E-state index contributed by atoms with van der Waals surface area (Å²) in [6.45, 7) is 0. The largest absolute Gasteiger partial charge is 0.345 e. The molecule has 4 heteroatoms. The van der Waals surface area contributed by atoms with E-state index in [0.717, 1.165) is 17.2 Å². The van der Waals surface area contributed by atoms with Gasteiger partial charge in [-0.05, 0) is 6.07 Å². The lowest BCUT2D eigenvalue weighted by molar-refractivity contribution is 0.112. The Morgan fingerprint density at radius 1 is 1.58 bits per heavy atom. The highest BCUT2D eigenvalue weighted by atomic mass is 35.5. The van der Waals surface area contributed by atoms with Crippen LogP contribution in [0, 0.1) is 0 Å². The van der Waals surface area contributed by atoms with Gasteiger partial charge in [-0.25, -0.2) is 0 Å². The van der Waals surface area contributed by atoms with Gasteiger partial charge >= 0.3 is 0 Å². The van der Waals surface area contributed by atoms with Gasteiger partial charge in [0.1, 0.15) is 5.15 Å². The van der Waals surface area contributed by atoms with Crippen molar-refractivity contribution in [3.63, 3.8) is 0 Å². The molecule has 0 radical (unpaired) electrons. The molecule has 0 aliphatic heterocycles. The maximum absolute atomic E-state index is 10.6. The molecule has 2 aromatic rings. The van der Waals surface area contributed by atoms with Crippen molar-refractivity contribution in [3.05, 3.63) is 29.2 Å². The van der Waals surface area contributed by atoms with Gasteiger partial charge in [-0.15, -0.1) is 0 Å². The van der Waals surface area contributed by atoms with Crippen molar-refractivity contribution in [3.8, 4) is 0 Å². The van der Waals surface area contributed by atoms with Crippen LogP contribution >= 0.6 is 11.6 Å². The first kappa shape index (κ1) is 7.31. The van der Waals surface area contributed by atoms with E-state index >= 15 is 0 Å². The van der Waals surface area contributed by atoms with Crippen LogP contribution in [0.25, 0.3) is 10.9 Å². The quantitative estimate of drug-likeness (QED) is 0.683. The van der Waals surface area contributed by atoms with Gasteiger partial charge in [0, 0.05) is 17.8 Å². The van der Waals surface area contributed by atoms with Crippen LogP contribution in [0.4, 0.5) is 0 Å². The number of aromatic amines is 1. The molecular formula is C8H5ClN2O. The molecule has 0 atom stereocenters. The van der Waals surface area contributed by atoms with Gasteiger partial charge in [-0.1, -0.05) is 11.6 Å². The maximum atomic E-state index is 10.6. The average molecular weight is 181 g/mol. The molecule has 0 bridgehead atoms. The molecule has 60 valence electrons. The van der Waals surface area contributed by atoms with E-state index in [9.17, 15) is 4.79 Å². The Morgan fingerprint density at radius 2 is 2.42 bits per heavy atom. The highest BCUT2D eigenvalue weighted by Gasteiger charge is 2.07. The molecule has 2 aromatic heterocycles. The Balaban J connectivity index is 2.90. The van der Waals surface area contributed by atoms with Crippen molar-refractivity contribution in [1.29, 1.82) is 0 Å². The second-order valence-corrected chi connectivity index (χ2v) is 2.77. The summed E-state index contributed by atoms with van der Waals surface area (Å²) in [4.78, 5) is 17.3. The molecule has 0 aromatic carbocycles. The van der Waals surface area contributed by atoms with Gasteiger partial charge < -0.3 is 4.98 Å². The number of halogens is 1. The minimum absolute atomic E-state index is 0.369. The summed E-state index contributed by atoms with van der Waals surface area (Å²) < 4.78 is 0. The van der Waals surface area contributed by atoms with Gasteiger partial charge in [0.15, 0.2) is 6.29 Å². The zero-order valence-corrected chi connectivity index (χ0v) is 6.80. The highest BCUT2D eigenvalue weighted by molar-refractivity contribution is 6.33. The molecule has 0 amide bonds. The summed E-state index contributed by atoms with van der Waals surface area (Å²) in [5.41, 5.74) is 1.30. The smallest absolute Gasteiger partial charge is 0.153 e. The number of nitrogens with zero attached hydrogens (tertiary/aromatic N) is 1. The molecule has 0 spiro atoms. The first-order valence-electron chi connectivity index (χ1n) is 3.39. The van der Waals surface area contributed by atoms with E-state index in [1.165, 1.54) is 0 Å². The topological polar surface area (TPSA) is 45.8 Å². The second kappa shape index (κ2) is 2.60. The van der Waals surface area contributed by atoms with Crippen molar-refractivity contribution in [2.24, 2.45) is 0 Å². The molecule has 3 nitrogen and oxygen atoms in total. The van der Waals surface area contributed by atoms with Crippen molar-refractivity contribution in [2.75, 3.05) is 0 Å². The van der Waals surface area contributed by atoms with Gasteiger partial charge in [0.25, 0.3) is 0 Å². The molecule has 0 unspecified atom stereocenters. The molecule has 0 saturated carbocycles. The monoisotopic (exact) mass is 180 g/mol. The van der Waals surface area contributed by atoms with Crippen LogP contribution < -0.4 is 0 Å². The lowest BCUT2D eigenvalue weighted by Gasteiger charge is -1.85. The number of rotatable bonds is 1. The number of aromatic nitrogens is 2. The average Bonchev–Trinajstić information content (AvgIpc) is 2.40. The van der Waals surface area contributed by atoms with E-state index in [4.69, 9.17) is 11.6 Å². The fourth-order valence-electron chi connectivity index (χ4n) is 1.14. The fraction of sp³-hybridized carbons (Fsp3) is 0. The number of pyridine rings is 1. The Hall–Kier alpha value is -1.35. The first-order valence-corrected chi connectivity index (χ1v) is 3.77. The number of fused-ring (bicyclic) bond motifs is 1. The third-order valence-electron chi connectivity index (χ3n) is 1.71. The molecule has 2 heterocycles. The summed E-state index contributed by atoms with van der Waals surface area (Å²) in [5.74, 6) is 0. The molecule has 2 rings (SSSR count). The van der Waals surface area contributed by atoms with Crippen molar-refractivity contribution in [2.45, 2.75) is 0 Å². The minimum atomic E-state index is 0.369. The third-order valence-corrected chi connectivity index (χ3v) is 2.01. The first-order chi connectivity index (χ1) is 5.83. The van der Waals surface area contributed by atoms with Crippen LogP contribution in [0.2, 0.25) is 5.15 Å². The van der Waals surface area contributed by atoms with E-state index in [0.29, 0.717) is 10.7 Å². The van der Waals surface area contributed by atoms with E-state index in [1.54, 1.807) is 18.5 Å². The Bertz CT molecular complexity index is 436. The number of hydrogen-bond acceptors (Lipinski definition) is 2. The predicted octanol–water partition coefficient (Wildman–Crippen LogP) is 2.03. The molecule has 0 aliphatic carbocycles.